The van der Waals surface area contributed by atoms with Crippen LogP contribution in [0.5, 0.6) is 0 Å². The molecule has 3 rings (SSSR count). The van der Waals surface area contributed by atoms with Gasteiger partial charge in [-0.2, -0.15) is 0 Å². The Morgan fingerprint density at radius 2 is 2.09 bits per heavy atom. The van der Waals surface area contributed by atoms with Gasteiger partial charge in [-0.25, -0.2) is 9.55 Å². The first-order chi connectivity index (χ1) is 11.1. The fourth-order valence-corrected chi connectivity index (χ4v) is 3.00. The van der Waals surface area contributed by atoms with Crippen molar-refractivity contribution >= 4 is 40.9 Å². The van der Waals surface area contributed by atoms with E-state index in [1.165, 1.54) is 22.1 Å². The van der Waals surface area contributed by atoms with Crippen molar-refractivity contribution in [2.24, 2.45) is 7.05 Å². The second-order valence-electron chi connectivity index (χ2n) is 4.55. The number of aromatic nitrogens is 4. The van der Waals surface area contributed by atoms with Crippen LogP contribution < -0.4 is 0 Å². The van der Waals surface area contributed by atoms with E-state index in [4.69, 9.17) is 11.6 Å². The van der Waals surface area contributed by atoms with Crippen LogP contribution in [0, 0.1) is 10.1 Å². The van der Waals surface area contributed by atoms with Crippen LogP contribution in [-0.4, -0.2) is 24.7 Å². The van der Waals surface area contributed by atoms with Gasteiger partial charge in [0.25, 0.3) is 0 Å². The Labute approximate surface area is 140 Å². The Morgan fingerprint density at radius 3 is 2.78 bits per heavy atom. The highest BCUT2D eigenvalue weighted by molar-refractivity contribution is 7.15. The van der Waals surface area contributed by atoms with Gasteiger partial charge in [-0.15, -0.1) is 10.2 Å². The van der Waals surface area contributed by atoms with E-state index in [0.717, 1.165) is 5.56 Å². The van der Waals surface area contributed by atoms with E-state index < -0.39 is 4.92 Å². The predicted octanol–water partition coefficient (Wildman–Crippen LogP) is 3.67. The quantitative estimate of drug-likeness (QED) is 0.530. The van der Waals surface area contributed by atoms with Crippen molar-refractivity contribution in [3.8, 4) is 10.6 Å². The molecule has 23 heavy (non-hydrogen) atoms. The third kappa shape index (κ3) is 3.13. The van der Waals surface area contributed by atoms with Gasteiger partial charge in [-0.05, 0) is 17.1 Å². The van der Waals surface area contributed by atoms with Crippen molar-refractivity contribution in [2.75, 3.05) is 0 Å². The number of hydrogen-bond acceptors (Lipinski definition) is 6. The molecule has 0 aliphatic carbocycles. The van der Waals surface area contributed by atoms with Gasteiger partial charge >= 0.3 is 5.82 Å². The summed E-state index contributed by atoms with van der Waals surface area (Å²) < 4.78 is 1.40. The highest BCUT2D eigenvalue weighted by Crippen LogP contribution is 2.30. The number of nitro groups is 1. The first-order valence-electron chi connectivity index (χ1n) is 6.49. The lowest BCUT2D eigenvalue weighted by Crippen LogP contribution is -1.98. The number of halogens is 1. The molecule has 7 nitrogen and oxygen atoms in total. The van der Waals surface area contributed by atoms with Crippen molar-refractivity contribution in [3.05, 3.63) is 56.4 Å². The van der Waals surface area contributed by atoms with Crippen LogP contribution in [-0.2, 0) is 7.05 Å². The summed E-state index contributed by atoms with van der Waals surface area (Å²) in [6.07, 6.45) is 4.59. The highest BCUT2D eigenvalue weighted by Gasteiger charge is 2.14. The van der Waals surface area contributed by atoms with Crippen molar-refractivity contribution in [1.82, 2.24) is 19.7 Å². The van der Waals surface area contributed by atoms with Crippen LogP contribution in [0.2, 0.25) is 5.02 Å². The molecule has 0 atom stereocenters. The molecule has 0 saturated carbocycles. The average molecular weight is 348 g/mol. The second kappa shape index (κ2) is 6.27. The summed E-state index contributed by atoms with van der Waals surface area (Å²) in [4.78, 5) is 14.3. The molecule has 0 radical (unpaired) electrons. The molecule has 3 aromatic rings. The van der Waals surface area contributed by atoms with Gasteiger partial charge in [0.05, 0.1) is 12.1 Å². The molecule has 0 unspecified atom stereocenters. The van der Waals surface area contributed by atoms with E-state index in [0.29, 0.717) is 20.9 Å². The molecule has 116 valence electrons. The molecule has 0 fully saturated rings. The van der Waals surface area contributed by atoms with Crippen molar-refractivity contribution in [3.63, 3.8) is 0 Å². The van der Waals surface area contributed by atoms with Gasteiger partial charge in [0.1, 0.15) is 16.2 Å². The maximum absolute atomic E-state index is 10.8. The normalized spacial score (nSPS) is 11.2. The summed E-state index contributed by atoms with van der Waals surface area (Å²) in [7, 11) is 1.58. The highest BCUT2D eigenvalue weighted by atomic mass is 35.5. The molecule has 1 aromatic carbocycles. The van der Waals surface area contributed by atoms with Crippen LogP contribution in [0.15, 0.2) is 30.5 Å². The summed E-state index contributed by atoms with van der Waals surface area (Å²) in [5, 5.41) is 21.0. The number of nitrogens with zero attached hydrogens (tertiary/aromatic N) is 5. The minimum absolute atomic E-state index is 0.0707. The van der Waals surface area contributed by atoms with Gasteiger partial charge in [0, 0.05) is 11.6 Å². The Hall–Kier alpha value is -2.58. The monoisotopic (exact) mass is 347 g/mol. The smallest absolute Gasteiger partial charge is 0.342 e. The lowest BCUT2D eigenvalue weighted by Gasteiger charge is -1.96. The molecular weight excluding hydrogens is 338 g/mol. The van der Waals surface area contributed by atoms with E-state index in [1.54, 1.807) is 25.3 Å². The van der Waals surface area contributed by atoms with Crippen LogP contribution in [0.25, 0.3) is 22.7 Å². The van der Waals surface area contributed by atoms with Crippen LogP contribution >= 0.6 is 22.9 Å². The Kier molecular flexibility index (Phi) is 4.18. The fourth-order valence-electron chi connectivity index (χ4n) is 1.93. The maximum atomic E-state index is 10.8. The Bertz CT molecular complexity index is 902. The molecule has 0 aliphatic rings. The van der Waals surface area contributed by atoms with E-state index in [-0.39, 0.29) is 5.82 Å². The number of imidazole rings is 1. The van der Waals surface area contributed by atoms with Crippen molar-refractivity contribution < 1.29 is 4.92 Å². The van der Waals surface area contributed by atoms with Crippen molar-refractivity contribution in [1.29, 1.82) is 0 Å². The molecule has 0 N–H and O–H groups in total. The topological polar surface area (TPSA) is 86.7 Å². The standard InChI is InChI=1S/C14H10ClN5O2S/c1-19-11(16-8-13(19)20(21)22)6-7-12-17-18-14(23-12)9-4-2-3-5-10(9)15/h2-8H,1H3. The zero-order chi connectivity index (χ0) is 16.4. The zero-order valence-corrected chi connectivity index (χ0v) is 13.5. The molecule has 2 aromatic heterocycles. The Morgan fingerprint density at radius 1 is 1.30 bits per heavy atom. The predicted molar refractivity (Wildman–Crippen MR) is 89.1 cm³/mol. The molecule has 9 heteroatoms. The average Bonchev–Trinajstić information content (AvgIpc) is 3.12. The third-order valence-electron chi connectivity index (χ3n) is 3.11. The second-order valence-corrected chi connectivity index (χ2v) is 5.97. The fraction of sp³-hybridized carbons (Fsp3) is 0.0714. The van der Waals surface area contributed by atoms with Gasteiger partial charge in [-0.1, -0.05) is 41.1 Å². The summed E-state index contributed by atoms with van der Waals surface area (Å²) in [6, 6.07) is 7.39. The molecule has 0 amide bonds. The van der Waals surface area contributed by atoms with Crippen molar-refractivity contribution in [2.45, 2.75) is 0 Å². The summed E-state index contributed by atoms with van der Waals surface area (Å²) in [5.41, 5.74) is 0.818. The summed E-state index contributed by atoms with van der Waals surface area (Å²) >= 11 is 7.51. The molecule has 0 spiro atoms. The number of rotatable bonds is 4. The van der Waals surface area contributed by atoms with Gasteiger partial charge in [0.2, 0.25) is 5.82 Å². The maximum Gasteiger partial charge on any atom is 0.342 e. The van der Waals surface area contributed by atoms with Gasteiger partial charge < -0.3 is 10.1 Å². The SMILES string of the molecule is Cn1c([N+](=O)[O-])cnc1C=Cc1nnc(-c2ccccc2Cl)s1. The van der Waals surface area contributed by atoms with E-state index in [9.17, 15) is 10.1 Å². The van der Waals surface area contributed by atoms with E-state index >= 15 is 0 Å². The van der Waals surface area contributed by atoms with Crippen LogP contribution in [0.3, 0.4) is 0 Å². The van der Waals surface area contributed by atoms with Gasteiger partial charge in [0.15, 0.2) is 0 Å². The summed E-state index contributed by atoms with van der Waals surface area (Å²) in [6.45, 7) is 0. The van der Waals surface area contributed by atoms with Crippen LogP contribution in [0.4, 0.5) is 5.82 Å². The first kappa shape index (κ1) is 15.3. The largest absolute Gasteiger partial charge is 0.358 e. The minimum Gasteiger partial charge on any atom is -0.358 e. The van der Waals surface area contributed by atoms with Crippen LogP contribution in [0.1, 0.15) is 10.8 Å². The number of hydrogen-bond donors (Lipinski definition) is 0. The molecule has 0 aliphatic heterocycles. The molecule has 2 heterocycles. The summed E-state index contributed by atoms with van der Waals surface area (Å²) in [5.74, 6) is 0.393. The van der Waals surface area contributed by atoms with Gasteiger partial charge in [-0.3, -0.25) is 0 Å². The molecule has 0 saturated heterocycles. The zero-order valence-electron chi connectivity index (χ0n) is 11.9. The van der Waals surface area contributed by atoms with E-state index in [1.807, 2.05) is 18.2 Å². The first-order valence-corrected chi connectivity index (χ1v) is 7.68. The number of benzene rings is 1. The molecule has 0 bridgehead atoms. The minimum atomic E-state index is -0.481. The lowest BCUT2D eigenvalue weighted by atomic mass is 10.2. The third-order valence-corrected chi connectivity index (χ3v) is 4.36. The van der Waals surface area contributed by atoms with E-state index in [2.05, 4.69) is 15.2 Å². The lowest BCUT2D eigenvalue weighted by molar-refractivity contribution is -0.391. The molecular formula is C14H10ClN5O2S. The Balaban J connectivity index is 1.85.